The topological polar surface area (TPSA) is 63.6 Å². The number of urea groups is 1. The molecule has 1 aromatic carbocycles. The van der Waals surface area contributed by atoms with Crippen molar-refractivity contribution >= 4 is 12.0 Å². The largest absolute Gasteiger partial charge is 0.465 e. The SMILES string of the molecule is CCOC(=O)CNC(=O)N(Cc1cccn1Cc1cccc(C)c1)[C@@H](C)C(C)C. The van der Waals surface area contributed by atoms with Gasteiger partial charge < -0.3 is 19.5 Å². The molecule has 0 aliphatic rings. The van der Waals surface area contributed by atoms with E-state index in [-0.39, 0.29) is 24.5 Å². The summed E-state index contributed by atoms with van der Waals surface area (Å²) >= 11 is 0. The molecule has 158 valence electrons. The van der Waals surface area contributed by atoms with Gasteiger partial charge in [-0.2, -0.15) is 0 Å². The van der Waals surface area contributed by atoms with Gasteiger partial charge in [0.25, 0.3) is 0 Å². The monoisotopic (exact) mass is 399 g/mol. The number of rotatable bonds is 9. The normalized spacial score (nSPS) is 11.9. The number of ether oxygens (including phenoxy) is 1. The molecule has 1 heterocycles. The lowest BCUT2D eigenvalue weighted by atomic mass is 10.0. The van der Waals surface area contributed by atoms with Crippen LogP contribution in [0.15, 0.2) is 42.6 Å². The number of carbonyl (C=O) groups is 2. The van der Waals surface area contributed by atoms with E-state index in [9.17, 15) is 9.59 Å². The van der Waals surface area contributed by atoms with Gasteiger partial charge >= 0.3 is 12.0 Å². The number of esters is 1. The summed E-state index contributed by atoms with van der Waals surface area (Å²) in [6.45, 7) is 11.4. The van der Waals surface area contributed by atoms with Crippen LogP contribution in [-0.2, 0) is 22.6 Å². The molecule has 1 atom stereocenters. The second-order valence-electron chi connectivity index (χ2n) is 7.69. The minimum absolute atomic E-state index is 0.0134. The zero-order chi connectivity index (χ0) is 21.4. The second-order valence-corrected chi connectivity index (χ2v) is 7.69. The highest BCUT2D eigenvalue weighted by Gasteiger charge is 2.24. The van der Waals surface area contributed by atoms with Crippen LogP contribution in [0.2, 0.25) is 0 Å². The molecule has 0 saturated carbocycles. The molecule has 6 nitrogen and oxygen atoms in total. The van der Waals surface area contributed by atoms with E-state index in [0.29, 0.717) is 13.2 Å². The predicted octanol–water partition coefficient (Wildman–Crippen LogP) is 3.96. The van der Waals surface area contributed by atoms with Crippen LogP contribution in [0.5, 0.6) is 0 Å². The zero-order valence-corrected chi connectivity index (χ0v) is 18.1. The first-order valence-electron chi connectivity index (χ1n) is 10.2. The Kier molecular flexibility index (Phi) is 8.31. The molecule has 1 aromatic heterocycles. The third-order valence-corrected chi connectivity index (χ3v) is 5.10. The number of aromatic nitrogens is 1. The number of aryl methyl sites for hydroxylation is 1. The second kappa shape index (κ2) is 10.7. The molecule has 0 spiro atoms. The lowest BCUT2D eigenvalue weighted by Crippen LogP contribution is -2.48. The highest BCUT2D eigenvalue weighted by molar-refractivity contribution is 5.81. The van der Waals surface area contributed by atoms with Gasteiger partial charge in [0.15, 0.2) is 0 Å². The summed E-state index contributed by atoms with van der Waals surface area (Å²) in [6.07, 6.45) is 2.03. The summed E-state index contributed by atoms with van der Waals surface area (Å²) in [6, 6.07) is 12.2. The summed E-state index contributed by atoms with van der Waals surface area (Å²) < 4.78 is 7.06. The zero-order valence-electron chi connectivity index (χ0n) is 18.1. The van der Waals surface area contributed by atoms with Gasteiger partial charge in [0.05, 0.1) is 13.2 Å². The van der Waals surface area contributed by atoms with Crippen LogP contribution < -0.4 is 5.32 Å². The number of hydrogen-bond acceptors (Lipinski definition) is 3. The standard InChI is InChI=1S/C23H33N3O3/c1-6-29-22(27)14-24-23(28)26(19(5)17(2)3)16-21-11-8-12-25(21)15-20-10-7-9-18(4)13-20/h7-13,17,19H,6,14-16H2,1-5H3,(H,24,28)/t19-/m0/s1. The van der Waals surface area contributed by atoms with Crippen LogP contribution in [0.1, 0.15) is 44.5 Å². The molecule has 0 radical (unpaired) electrons. The van der Waals surface area contributed by atoms with Crippen molar-refractivity contribution in [3.63, 3.8) is 0 Å². The highest BCUT2D eigenvalue weighted by Crippen LogP contribution is 2.17. The first kappa shape index (κ1) is 22.5. The number of benzene rings is 1. The Hall–Kier alpha value is -2.76. The van der Waals surface area contributed by atoms with E-state index < -0.39 is 5.97 Å². The molecule has 1 N–H and O–H groups in total. The molecular formula is C23H33N3O3. The Morgan fingerprint density at radius 3 is 2.59 bits per heavy atom. The van der Waals surface area contributed by atoms with Crippen LogP contribution in [0.25, 0.3) is 0 Å². The van der Waals surface area contributed by atoms with E-state index in [2.05, 4.69) is 54.9 Å². The molecule has 6 heteroatoms. The van der Waals surface area contributed by atoms with Crippen LogP contribution >= 0.6 is 0 Å². The third kappa shape index (κ3) is 6.66. The van der Waals surface area contributed by atoms with Crippen molar-refractivity contribution in [2.24, 2.45) is 5.92 Å². The van der Waals surface area contributed by atoms with E-state index in [4.69, 9.17) is 4.74 Å². The van der Waals surface area contributed by atoms with Crippen LogP contribution in [0.3, 0.4) is 0 Å². The van der Waals surface area contributed by atoms with Gasteiger partial charge in [-0.05, 0) is 44.4 Å². The van der Waals surface area contributed by atoms with Gasteiger partial charge in [-0.3, -0.25) is 4.79 Å². The minimum atomic E-state index is -0.430. The van der Waals surface area contributed by atoms with Crippen molar-refractivity contribution < 1.29 is 14.3 Å². The van der Waals surface area contributed by atoms with Crippen molar-refractivity contribution in [2.45, 2.75) is 53.8 Å². The molecule has 0 bridgehead atoms. The molecule has 0 aliphatic heterocycles. The summed E-state index contributed by atoms with van der Waals surface area (Å²) in [5.74, 6) is -0.149. The summed E-state index contributed by atoms with van der Waals surface area (Å²) in [4.78, 5) is 26.2. The Morgan fingerprint density at radius 1 is 1.17 bits per heavy atom. The number of carbonyl (C=O) groups excluding carboxylic acids is 2. The molecule has 2 rings (SSSR count). The lowest BCUT2D eigenvalue weighted by molar-refractivity contribution is -0.141. The first-order valence-corrected chi connectivity index (χ1v) is 10.2. The maximum atomic E-state index is 12.8. The summed E-state index contributed by atoms with van der Waals surface area (Å²) in [5, 5.41) is 2.70. The van der Waals surface area contributed by atoms with E-state index in [0.717, 1.165) is 12.2 Å². The van der Waals surface area contributed by atoms with E-state index in [1.54, 1.807) is 11.8 Å². The van der Waals surface area contributed by atoms with Crippen molar-refractivity contribution in [3.8, 4) is 0 Å². The van der Waals surface area contributed by atoms with E-state index in [1.807, 2.05) is 25.3 Å². The third-order valence-electron chi connectivity index (χ3n) is 5.10. The number of amides is 2. The fourth-order valence-corrected chi connectivity index (χ4v) is 3.15. The Labute approximate surface area is 173 Å². The van der Waals surface area contributed by atoms with Crippen LogP contribution in [-0.4, -0.2) is 40.7 Å². The molecule has 0 unspecified atom stereocenters. The van der Waals surface area contributed by atoms with Crippen molar-refractivity contribution in [1.29, 1.82) is 0 Å². The van der Waals surface area contributed by atoms with Gasteiger partial charge in [-0.15, -0.1) is 0 Å². The Bertz CT molecular complexity index is 813. The Morgan fingerprint density at radius 2 is 1.93 bits per heavy atom. The molecule has 0 aliphatic carbocycles. The number of hydrogen-bond donors (Lipinski definition) is 1. The molecule has 2 aromatic rings. The molecule has 0 fully saturated rings. The van der Waals surface area contributed by atoms with Crippen LogP contribution in [0, 0.1) is 12.8 Å². The van der Waals surface area contributed by atoms with E-state index in [1.165, 1.54) is 11.1 Å². The predicted molar refractivity (Wildman–Crippen MR) is 115 cm³/mol. The molecular weight excluding hydrogens is 366 g/mol. The average molecular weight is 400 g/mol. The molecule has 29 heavy (non-hydrogen) atoms. The van der Waals surface area contributed by atoms with Gasteiger partial charge in [-0.25, -0.2) is 4.79 Å². The summed E-state index contributed by atoms with van der Waals surface area (Å²) in [7, 11) is 0. The van der Waals surface area contributed by atoms with Gasteiger partial charge in [0.2, 0.25) is 0 Å². The Balaban J connectivity index is 2.14. The fourth-order valence-electron chi connectivity index (χ4n) is 3.15. The average Bonchev–Trinajstić information content (AvgIpc) is 3.10. The van der Waals surface area contributed by atoms with Crippen molar-refractivity contribution in [3.05, 3.63) is 59.4 Å². The first-order chi connectivity index (χ1) is 13.8. The van der Waals surface area contributed by atoms with Gasteiger partial charge in [0, 0.05) is 24.5 Å². The summed E-state index contributed by atoms with van der Waals surface area (Å²) in [5.41, 5.74) is 3.49. The molecule has 0 saturated heterocycles. The lowest BCUT2D eigenvalue weighted by Gasteiger charge is -2.32. The smallest absolute Gasteiger partial charge is 0.325 e. The molecule has 2 amide bonds. The van der Waals surface area contributed by atoms with Gasteiger partial charge in [0.1, 0.15) is 6.54 Å². The number of nitrogens with one attached hydrogen (secondary N) is 1. The highest BCUT2D eigenvalue weighted by atomic mass is 16.5. The minimum Gasteiger partial charge on any atom is -0.465 e. The quantitative estimate of drug-likeness (QED) is 0.649. The van der Waals surface area contributed by atoms with Crippen molar-refractivity contribution in [1.82, 2.24) is 14.8 Å². The van der Waals surface area contributed by atoms with Crippen LogP contribution in [0.4, 0.5) is 4.79 Å². The maximum Gasteiger partial charge on any atom is 0.325 e. The van der Waals surface area contributed by atoms with Crippen molar-refractivity contribution in [2.75, 3.05) is 13.2 Å². The maximum absolute atomic E-state index is 12.8. The fraction of sp³-hybridized carbons (Fsp3) is 0.478. The van der Waals surface area contributed by atoms with E-state index >= 15 is 0 Å². The number of nitrogens with zero attached hydrogens (tertiary/aromatic N) is 2. The van der Waals surface area contributed by atoms with Gasteiger partial charge in [-0.1, -0.05) is 43.7 Å².